The van der Waals surface area contributed by atoms with E-state index in [4.69, 9.17) is 4.98 Å². The number of rotatable bonds is 4. The number of benzene rings is 1. The second kappa shape index (κ2) is 8.24. The van der Waals surface area contributed by atoms with Crippen LogP contribution in [0.15, 0.2) is 48.8 Å². The number of nitrogens with zero attached hydrogens (tertiary/aromatic N) is 4. The number of aryl methyl sites for hydroxylation is 3. The highest BCUT2D eigenvalue weighted by Crippen LogP contribution is 2.35. The molecule has 1 aliphatic rings. The van der Waals surface area contributed by atoms with Gasteiger partial charge in [0.25, 0.3) is 5.91 Å². The Morgan fingerprint density at radius 1 is 1.09 bits per heavy atom. The Labute approximate surface area is 187 Å². The van der Waals surface area contributed by atoms with Gasteiger partial charge in [-0.25, -0.2) is 4.98 Å². The van der Waals surface area contributed by atoms with Crippen LogP contribution in [0.5, 0.6) is 0 Å². The summed E-state index contributed by atoms with van der Waals surface area (Å²) in [6.07, 6.45) is 5.91. The smallest absolute Gasteiger partial charge is 0.251 e. The van der Waals surface area contributed by atoms with Gasteiger partial charge in [-0.3, -0.25) is 9.48 Å². The number of pyridine rings is 1. The summed E-state index contributed by atoms with van der Waals surface area (Å²) < 4.78 is 3.88. The third kappa shape index (κ3) is 3.69. The quantitative estimate of drug-likeness (QED) is 0.522. The molecule has 7 nitrogen and oxygen atoms in total. The number of fused-ring (bicyclic) bond motifs is 1. The molecule has 0 atom stereocenters. The molecule has 164 valence electrons. The van der Waals surface area contributed by atoms with E-state index in [0.29, 0.717) is 5.56 Å². The summed E-state index contributed by atoms with van der Waals surface area (Å²) in [6.45, 7) is 5.98. The molecule has 0 bridgehead atoms. The van der Waals surface area contributed by atoms with E-state index < -0.39 is 0 Å². The fourth-order valence-electron chi connectivity index (χ4n) is 4.59. The predicted octanol–water partition coefficient (Wildman–Crippen LogP) is 3.50. The van der Waals surface area contributed by atoms with E-state index in [1.807, 2.05) is 59.7 Å². The lowest BCUT2D eigenvalue weighted by Gasteiger charge is -2.23. The molecule has 1 aromatic carbocycles. The third-order valence-electron chi connectivity index (χ3n) is 6.29. The van der Waals surface area contributed by atoms with Crippen molar-refractivity contribution < 1.29 is 4.79 Å². The first-order valence-corrected chi connectivity index (χ1v) is 11.1. The van der Waals surface area contributed by atoms with Crippen molar-refractivity contribution in [2.24, 2.45) is 7.05 Å². The lowest BCUT2D eigenvalue weighted by molar-refractivity contribution is 0.0929. The molecule has 0 radical (unpaired) electrons. The summed E-state index contributed by atoms with van der Waals surface area (Å²) in [4.78, 5) is 17.8. The van der Waals surface area contributed by atoms with E-state index >= 15 is 0 Å². The normalized spacial score (nSPS) is 14.7. The molecule has 4 aromatic rings. The largest absolute Gasteiger partial charge is 0.349 e. The second-order valence-electron chi connectivity index (χ2n) is 8.53. The van der Waals surface area contributed by atoms with Crippen LogP contribution in [0.4, 0.5) is 0 Å². The zero-order valence-corrected chi connectivity index (χ0v) is 18.7. The molecule has 2 N–H and O–H groups in total. The molecule has 32 heavy (non-hydrogen) atoms. The fraction of sp³-hybridized carbons (Fsp3) is 0.320. The molecule has 0 unspecified atom stereocenters. The molecular formula is C25H28N6O. The van der Waals surface area contributed by atoms with Crippen molar-refractivity contribution in [3.63, 3.8) is 0 Å². The van der Waals surface area contributed by atoms with Crippen molar-refractivity contribution in [3.05, 3.63) is 65.7 Å². The monoisotopic (exact) mass is 428 g/mol. The Kier molecular flexibility index (Phi) is 5.27. The first-order chi connectivity index (χ1) is 15.5. The molecule has 0 aliphatic carbocycles. The lowest BCUT2D eigenvalue weighted by atomic mass is 9.97. The minimum atomic E-state index is -0.0343. The lowest BCUT2D eigenvalue weighted by Crippen LogP contribution is -2.42. The number of carbonyl (C=O) groups excluding carboxylic acids is 1. The Balaban J connectivity index is 1.52. The van der Waals surface area contributed by atoms with Crippen LogP contribution in [-0.2, 0) is 7.05 Å². The number of hydrogen-bond acceptors (Lipinski definition) is 4. The summed E-state index contributed by atoms with van der Waals surface area (Å²) in [7, 11) is 1.94. The van der Waals surface area contributed by atoms with Crippen LogP contribution in [-0.4, -0.2) is 44.2 Å². The molecular weight excluding hydrogens is 400 g/mol. The van der Waals surface area contributed by atoms with Crippen molar-refractivity contribution in [1.82, 2.24) is 29.8 Å². The van der Waals surface area contributed by atoms with Crippen LogP contribution in [0.2, 0.25) is 0 Å². The van der Waals surface area contributed by atoms with Crippen LogP contribution < -0.4 is 10.6 Å². The van der Waals surface area contributed by atoms with Crippen LogP contribution in [0, 0.1) is 13.8 Å². The van der Waals surface area contributed by atoms with E-state index in [1.54, 1.807) is 0 Å². The first kappa shape index (κ1) is 20.5. The fourth-order valence-corrected chi connectivity index (χ4v) is 4.59. The molecule has 4 heterocycles. The van der Waals surface area contributed by atoms with Crippen LogP contribution in [0.1, 0.15) is 34.6 Å². The zero-order chi connectivity index (χ0) is 22.2. The third-order valence-corrected chi connectivity index (χ3v) is 6.29. The van der Waals surface area contributed by atoms with E-state index in [1.165, 1.54) is 0 Å². The highest BCUT2D eigenvalue weighted by Gasteiger charge is 2.19. The van der Waals surface area contributed by atoms with E-state index in [0.717, 1.165) is 65.4 Å². The molecule has 5 rings (SSSR count). The standard InChI is InChI=1S/C25H28N6O/c1-16-22(15-30(3)29-16)20-6-4-5-7-21(20)24-17(2)31-13-10-18(14-23(31)28-24)25(32)27-19-8-11-26-12-9-19/h4-7,10,13-15,19,26H,8-9,11-12H2,1-3H3,(H,27,32). The van der Waals surface area contributed by atoms with Gasteiger partial charge >= 0.3 is 0 Å². The van der Waals surface area contributed by atoms with Crippen molar-refractivity contribution in [3.8, 4) is 22.4 Å². The summed E-state index contributed by atoms with van der Waals surface area (Å²) >= 11 is 0. The summed E-state index contributed by atoms with van der Waals surface area (Å²) in [6, 6.07) is 12.3. The molecule has 0 saturated carbocycles. The summed E-state index contributed by atoms with van der Waals surface area (Å²) in [5.74, 6) is -0.0343. The number of carbonyl (C=O) groups is 1. The summed E-state index contributed by atoms with van der Waals surface area (Å²) in [5.41, 5.74) is 7.62. The van der Waals surface area contributed by atoms with Gasteiger partial charge < -0.3 is 15.0 Å². The van der Waals surface area contributed by atoms with E-state index in [-0.39, 0.29) is 11.9 Å². The molecule has 1 aliphatic heterocycles. The van der Waals surface area contributed by atoms with E-state index in [9.17, 15) is 4.79 Å². The Morgan fingerprint density at radius 2 is 1.84 bits per heavy atom. The Bertz CT molecular complexity index is 1300. The predicted molar refractivity (Wildman–Crippen MR) is 126 cm³/mol. The SMILES string of the molecule is Cc1nn(C)cc1-c1ccccc1-c1nc2cc(C(=O)NC3CCNCC3)ccn2c1C. The minimum Gasteiger partial charge on any atom is -0.349 e. The van der Waals surface area contributed by atoms with Crippen LogP contribution in [0.3, 0.4) is 0 Å². The maximum Gasteiger partial charge on any atom is 0.251 e. The zero-order valence-electron chi connectivity index (χ0n) is 18.7. The number of amides is 1. The van der Waals surface area contributed by atoms with Gasteiger partial charge in [-0.1, -0.05) is 24.3 Å². The van der Waals surface area contributed by atoms with Gasteiger partial charge in [-0.2, -0.15) is 5.10 Å². The average molecular weight is 429 g/mol. The molecule has 3 aromatic heterocycles. The van der Waals surface area contributed by atoms with Gasteiger partial charge in [0.2, 0.25) is 0 Å². The van der Waals surface area contributed by atoms with Gasteiger partial charge in [-0.15, -0.1) is 0 Å². The molecule has 0 spiro atoms. The number of hydrogen-bond donors (Lipinski definition) is 2. The van der Waals surface area contributed by atoms with Gasteiger partial charge in [0.15, 0.2) is 0 Å². The maximum absolute atomic E-state index is 12.8. The van der Waals surface area contributed by atoms with Crippen LogP contribution in [0.25, 0.3) is 28.0 Å². The second-order valence-corrected chi connectivity index (χ2v) is 8.53. The Hall–Kier alpha value is -3.45. The van der Waals surface area contributed by atoms with E-state index in [2.05, 4.69) is 34.8 Å². The molecule has 1 fully saturated rings. The van der Waals surface area contributed by atoms with Crippen LogP contribution >= 0.6 is 0 Å². The summed E-state index contributed by atoms with van der Waals surface area (Å²) in [5, 5.41) is 11.0. The topological polar surface area (TPSA) is 76.2 Å². The minimum absolute atomic E-state index is 0.0343. The van der Waals surface area contributed by atoms with Crippen molar-refractivity contribution in [2.75, 3.05) is 13.1 Å². The number of imidazole rings is 1. The van der Waals surface area contributed by atoms with Crippen molar-refractivity contribution >= 4 is 11.6 Å². The molecule has 7 heteroatoms. The number of piperidine rings is 1. The Morgan fingerprint density at radius 3 is 2.56 bits per heavy atom. The highest BCUT2D eigenvalue weighted by atomic mass is 16.1. The van der Waals surface area contributed by atoms with Crippen molar-refractivity contribution in [1.29, 1.82) is 0 Å². The van der Waals surface area contributed by atoms with Gasteiger partial charge in [0.05, 0.1) is 11.4 Å². The number of aromatic nitrogens is 4. The van der Waals surface area contributed by atoms with Gasteiger partial charge in [0, 0.05) is 47.9 Å². The van der Waals surface area contributed by atoms with Crippen molar-refractivity contribution in [2.45, 2.75) is 32.7 Å². The first-order valence-electron chi connectivity index (χ1n) is 11.1. The molecule has 1 amide bonds. The van der Waals surface area contributed by atoms with Gasteiger partial charge in [0.1, 0.15) is 5.65 Å². The maximum atomic E-state index is 12.8. The molecule has 1 saturated heterocycles. The van der Waals surface area contributed by atoms with Gasteiger partial charge in [-0.05, 0) is 57.5 Å². The highest BCUT2D eigenvalue weighted by molar-refractivity contribution is 5.95. The average Bonchev–Trinajstić information content (AvgIpc) is 3.32. The number of nitrogens with one attached hydrogen (secondary N) is 2.